The number of halogens is 3. The first kappa shape index (κ1) is 14.5. The van der Waals surface area contributed by atoms with Gasteiger partial charge in [-0.2, -0.15) is 24.9 Å². The Morgan fingerprint density at radius 1 is 1.41 bits per heavy atom. The normalized spacial score (nSPS) is 20.9. The molecule has 17 heavy (non-hydrogen) atoms. The van der Waals surface area contributed by atoms with Gasteiger partial charge in [-0.15, -0.1) is 0 Å². The van der Waals surface area contributed by atoms with Gasteiger partial charge >= 0.3 is 12.3 Å². The summed E-state index contributed by atoms with van der Waals surface area (Å²) in [6.45, 7) is 3.48. The van der Waals surface area contributed by atoms with Gasteiger partial charge in [0, 0.05) is 23.6 Å². The zero-order valence-corrected chi connectivity index (χ0v) is 10.7. The molecule has 0 N–H and O–H groups in total. The molecule has 1 saturated heterocycles. The Hall–Kier alpha value is -0.590. The highest BCUT2D eigenvalue weighted by molar-refractivity contribution is 8.00. The molecule has 100 valence electrons. The second-order valence-electron chi connectivity index (χ2n) is 4.51. The molecule has 3 nitrogen and oxygen atoms in total. The van der Waals surface area contributed by atoms with Crippen molar-refractivity contribution in [2.24, 2.45) is 0 Å². The number of thioether (sulfide) groups is 1. The van der Waals surface area contributed by atoms with E-state index in [0.29, 0.717) is 18.8 Å². The fourth-order valence-electron chi connectivity index (χ4n) is 1.44. The zero-order valence-electron chi connectivity index (χ0n) is 9.84. The van der Waals surface area contributed by atoms with E-state index in [2.05, 4.69) is 18.6 Å². The summed E-state index contributed by atoms with van der Waals surface area (Å²) in [5.41, 5.74) is 0. The first-order valence-corrected chi connectivity index (χ1v) is 6.31. The zero-order chi connectivity index (χ0) is 13.1. The van der Waals surface area contributed by atoms with Gasteiger partial charge in [0.2, 0.25) is 0 Å². The third kappa shape index (κ3) is 5.52. The van der Waals surface area contributed by atoms with Gasteiger partial charge in [-0.3, -0.25) is 0 Å². The number of carbonyl (C=O) groups is 1. The van der Waals surface area contributed by atoms with Crippen LogP contribution in [-0.2, 0) is 4.74 Å². The molecule has 0 unspecified atom stereocenters. The molecule has 1 aliphatic rings. The lowest BCUT2D eigenvalue weighted by Gasteiger charge is -2.22. The molecule has 1 fully saturated rings. The number of alkyl halides is 3. The van der Waals surface area contributed by atoms with Crippen LogP contribution in [0.5, 0.6) is 0 Å². The maximum absolute atomic E-state index is 11.9. The smallest absolute Gasteiger partial charge is 0.422 e. The molecule has 0 bridgehead atoms. The summed E-state index contributed by atoms with van der Waals surface area (Å²) < 4.78 is 39.9. The minimum Gasteiger partial charge on any atom is -0.440 e. The molecule has 1 aliphatic heterocycles. The molecular weight excluding hydrogens is 255 g/mol. The molecule has 1 rings (SSSR count). The summed E-state index contributed by atoms with van der Waals surface area (Å²) in [6.07, 6.45) is -4.59. The van der Waals surface area contributed by atoms with Gasteiger partial charge in [0.1, 0.15) is 0 Å². The second kappa shape index (κ2) is 5.37. The summed E-state index contributed by atoms with van der Waals surface area (Å²) in [4.78, 5) is 12.7. The molecule has 0 radical (unpaired) electrons. The van der Waals surface area contributed by atoms with E-state index >= 15 is 0 Å². The number of hydrogen-bond donors (Lipinski definition) is 0. The van der Waals surface area contributed by atoms with Crippen LogP contribution >= 0.6 is 11.8 Å². The minimum absolute atomic E-state index is 0.0546. The molecule has 0 aromatic heterocycles. The van der Waals surface area contributed by atoms with Crippen molar-refractivity contribution in [3.8, 4) is 0 Å². The molecule has 0 aromatic carbocycles. The Morgan fingerprint density at radius 3 is 2.65 bits per heavy atom. The van der Waals surface area contributed by atoms with Crippen LogP contribution in [0.2, 0.25) is 0 Å². The van der Waals surface area contributed by atoms with E-state index in [1.54, 1.807) is 11.8 Å². The Kier molecular flexibility index (Phi) is 4.57. The van der Waals surface area contributed by atoms with Crippen LogP contribution in [0.15, 0.2) is 0 Å². The van der Waals surface area contributed by atoms with Crippen molar-refractivity contribution in [2.75, 3.05) is 25.4 Å². The van der Waals surface area contributed by atoms with Crippen LogP contribution in [0, 0.1) is 0 Å². The second-order valence-corrected chi connectivity index (χ2v) is 6.32. The van der Waals surface area contributed by atoms with Crippen LogP contribution in [0.1, 0.15) is 20.3 Å². The number of nitrogens with zero attached hydrogens (tertiary/aromatic N) is 1. The SMILES string of the molecule is CC1(C)CCN(C(=O)OCC(F)(F)F)CCS1. The van der Waals surface area contributed by atoms with Crippen LogP contribution in [0.4, 0.5) is 18.0 Å². The fourth-order valence-corrected chi connectivity index (χ4v) is 2.54. The fraction of sp³-hybridized carbons (Fsp3) is 0.900. The van der Waals surface area contributed by atoms with E-state index in [1.165, 1.54) is 4.90 Å². The van der Waals surface area contributed by atoms with Crippen molar-refractivity contribution < 1.29 is 22.7 Å². The number of hydrogen-bond acceptors (Lipinski definition) is 3. The van der Waals surface area contributed by atoms with Crippen molar-refractivity contribution in [3.05, 3.63) is 0 Å². The molecular formula is C10H16F3NO2S. The molecule has 0 aromatic rings. The summed E-state index contributed by atoms with van der Waals surface area (Å²) >= 11 is 1.71. The number of amides is 1. The monoisotopic (exact) mass is 271 g/mol. The van der Waals surface area contributed by atoms with Crippen molar-refractivity contribution in [2.45, 2.75) is 31.2 Å². The highest BCUT2D eigenvalue weighted by Crippen LogP contribution is 2.30. The summed E-state index contributed by atoms with van der Waals surface area (Å²) in [5.74, 6) is 0.716. The van der Waals surface area contributed by atoms with Gasteiger partial charge in [-0.05, 0) is 6.42 Å². The third-order valence-electron chi connectivity index (χ3n) is 2.46. The van der Waals surface area contributed by atoms with E-state index in [-0.39, 0.29) is 4.75 Å². The van der Waals surface area contributed by atoms with Crippen molar-refractivity contribution in [3.63, 3.8) is 0 Å². The van der Waals surface area contributed by atoms with Gasteiger partial charge in [0.25, 0.3) is 0 Å². The average Bonchev–Trinajstić information content (AvgIpc) is 2.35. The predicted octanol–water partition coefficient (Wildman–Crippen LogP) is 2.90. The largest absolute Gasteiger partial charge is 0.440 e. The summed E-state index contributed by atoms with van der Waals surface area (Å²) in [7, 11) is 0. The molecule has 1 heterocycles. The summed E-state index contributed by atoms with van der Waals surface area (Å²) in [6, 6.07) is 0. The number of rotatable bonds is 1. The molecule has 0 saturated carbocycles. The quantitative estimate of drug-likeness (QED) is 0.734. The lowest BCUT2D eigenvalue weighted by Crippen LogP contribution is -2.36. The van der Waals surface area contributed by atoms with Crippen LogP contribution in [0.3, 0.4) is 0 Å². The van der Waals surface area contributed by atoms with Crippen LogP contribution < -0.4 is 0 Å². The van der Waals surface area contributed by atoms with Gasteiger partial charge in [0.15, 0.2) is 6.61 Å². The highest BCUT2D eigenvalue weighted by atomic mass is 32.2. The molecule has 1 amide bonds. The minimum atomic E-state index is -4.46. The standard InChI is InChI=1S/C10H16F3NO2S/c1-9(2)3-4-14(5-6-17-9)8(15)16-7-10(11,12)13/h3-7H2,1-2H3. The van der Waals surface area contributed by atoms with E-state index in [0.717, 1.165) is 6.42 Å². The maximum Gasteiger partial charge on any atom is 0.422 e. The third-order valence-corrected chi connectivity index (χ3v) is 3.83. The number of carbonyl (C=O) groups excluding carboxylic acids is 1. The molecule has 0 aliphatic carbocycles. The van der Waals surface area contributed by atoms with Gasteiger partial charge in [0.05, 0.1) is 0 Å². The maximum atomic E-state index is 11.9. The average molecular weight is 271 g/mol. The van der Waals surface area contributed by atoms with Crippen LogP contribution in [-0.4, -0.2) is 47.4 Å². The van der Waals surface area contributed by atoms with Crippen molar-refractivity contribution in [1.29, 1.82) is 0 Å². The van der Waals surface area contributed by atoms with E-state index in [4.69, 9.17) is 0 Å². The van der Waals surface area contributed by atoms with Crippen molar-refractivity contribution in [1.82, 2.24) is 4.90 Å². The number of ether oxygens (including phenoxy) is 1. The first-order valence-electron chi connectivity index (χ1n) is 5.32. The Bertz CT molecular complexity index is 281. The van der Waals surface area contributed by atoms with Crippen LogP contribution in [0.25, 0.3) is 0 Å². The Balaban J connectivity index is 2.42. The lowest BCUT2D eigenvalue weighted by molar-refractivity contribution is -0.162. The lowest BCUT2D eigenvalue weighted by atomic mass is 10.1. The van der Waals surface area contributed by atoms with E-state index in [9.17, 15) is 18.0 Å². The predicted molar refractivity (Wildman–Crippen MR) is 60.1 cm³/mol. The van der Waals surface area contributed by atoms with Gasteiger partial charge in [-0.1, -0.05) is 13.8 Å². The van der Waals surface area contributed by atoms with Gasteiger partial charge in [-0.25, -0.2) is 4.79 Å². The Morgan fingerprint density at radius 2 is 2.06 bits per heavy atom. The molecule has 0 spiro atoms. The first-order chi connectivity index (χ1) is 7.70. The van der Waals surface area contributed by atoms with E-state index < -0.39 is 18.9 Å². The highest BCUT2D eigenvalue weighted by Gasteiger charge is 2.32. The topological polar surface area (TPSA) is 29.5 Å². The summed E-state index contributed by atoms with van der Waals surface area (Å²) in [5, 5.41) is 0. The molecule has 7 heteroatoms. The van der Waals surface area contributed by atoms with Gasteiger partial charge < -0.3 is 9.64 Å². The van der Waals surface area contributed by atoms with E-state index in [1.807, 2.05) is 0 Å². The molecule has 0 atom stereocenters. The Labute approximate surface area is 103 Å². The van der Waals surface area contributed by atoms with Crippen molar-refractivity contribution >= 4 is 17.9 Å².